The first-order valence-electron chi connectivity index (χ1n) is 4.85. The number of anilines is 1. The molecular formula is C11H17N3. The lowest BCUT2D eigenvalue weighted by atomic mass is 10.2. The molecule has 1 unspecified atom stereocenters. The van der Waals surface area contributed by atoms with Crippen LogP contribution in [0, 0.1) is 0 Å². The summed E-state index contributed by atoms with van der Waals surface area (Å²) < 4.78 is 0. The maximum atomic E-state index is 4.39. The van der Waals surface area contributed by atoms with Gasteiger partial charge < -0.3 is 5.32 Å². The van der Waals surface area contributed by atoms with Gasteiger partial charge in [-0.3, -0.25) is 0 Å². The van der Waals surface area contributed by atoms with Gasteiger partial charge in [-0.15, -0.1) is 6.58 Å². The van der Waals surface area contributed by atoms with E-state index in [2.05, 4.69) is 35.7 Å². The fourth-order valence-electron chi connectivity index (χ4n) is 1.02. The molecular weight excluding hydrogens is 174 g/mol. The summed E-state index contributed by atoms with van der Waals surface area (Å²) in [7, 11) is 0. The summed E-state index contributed by atoms with van der Waals surface area (Å²) in [5, 5.41) is 3.22. The molecule has 0 fully saturated rings. The molecule has 1 heterocycles. The van der Waals surface area contributed by atoms with Crippen LogP contribution >= 0.6 is 0 Å². The molecule has 1 aromatic heterocycles. The highest BCUT2D eigenvalue weighted by Crippen LogP contribution is 2.11. The molecule has 3 nitrogen and oxygen atoms in total. The average molecular weight is 191 g/mol. The zero-order valence-corrected chi connectivity index (χ0v) is 8.99. The van der Waals surface area contributed by atoms with Gasteiger partial charge in [0.2, 0.25) is 0 Å². The summed E-state index contributed by atoms with van der Waals surface area (Å²) in [4.78, 5) is 8.59. The van der Waals surface area contributed by atoms with Crippen LogP contribution in [0.2, 0.25) is 0 Å². The molecule has 0 saturated carbocycles. The first-order valence-corrected chi connectivity index (χ1v) is 4.85. The second kappa shape index (κ2) is 4.74. The van der Waals surface area contributed by atoms with Gasteiger partial charge in [0, 0.05) is 18.2 Å². The summed E-state index contributed by atoms with van der Waals surface area (Å²) in [6.07, 6.45) is 3.62. The van der Waals surface area contributed by atoms with Gasteiger partial charge in [-0.25, -0.2) is 9.97 Å². The molecule has 0 aliphatic heterocycles. The summed E-state index contributed by atoms with van der Waals surface area (Å²) in [6, 6.07) is 2.09. The molecule has 1 atom stereocenters. The van der Waals surface area contributed by atoms with E-state index in [1.54, 1.807) is 6.20 Å². The van der Waals surface area contributed by atoms with Crippen LogP contribution in [-0.4, -0.2) is 16.0 Å². The molecule has 1 aromatic rings. The van der Waals surface area contributed by atoms with E-state index in [4.69, 9.17) is 0 Å². The number of hydrogen-bond acceptors (Lipinski definition) is 3. The smallest absolute Gasteiger partial charge is 0.133 e. The second-order valence-electron chi connectivity index (χ2n) is 3.62. The topological polar surface area (TPSA) is 37.8 Å². The summed E-state index contributed by atoms with van der Waals surface area (Å²) >= 11 is 0. The van der Waals surface area contributed by atoms with Crippen LogP contribution in [0.25, 0.3) is 0 Å². The van der Waals surface area contributed by atoms with E-state index in [1.807, 2.05) is 19.1 Å². The van der Waals surface area contributed by atoms with E-state index in [9.17, 15) is 0 Å². The largest absolute Gasteiger partial charge is 0.364 e. The van der Waals surface area contributed by atoms with Gasteiger partial charge in [0.15, 0.2) is 0 Å². The normalized spacial score (nSPS) is 12.6. The third-order valence-corrected chi connectivity index (χ3v) is 1.92. The molecule has 0 aliphatic rings. The van der Waals surface area contributed by atoms with Crippen molar-refractivity contribution in [3.05, 3.63) is 30.7 Å². The lowest BCUT2D eigenvalue weighted by Gasteiger charge is -2.11. The number of aromatic nitrogens is 2. The SMILES string of the molecule is C=CC(C)Nc1ccnc(C(C)C)n1. The molecule has 0 bridgehead atoms. The molecule has 0 radical (unpaired) electrons. The Morgan fingerprint density at radius 1 is 1.43 bits per heavy atom. The Bertz CT molecular complexity index is 307. The third kappa shape index (κ3) is 2.83. The predicted molar refractivity (Wildman–Crippen MR) is 59.4 cm³/mol. The van der Waals surface area contributed by atoms with E-state index in [0.717, 1.165) is 11.6 Å². The number of nitrogens with zero attached hydrogens (tertiary/aromatic N) is 2. The minimum Gasteiger partial charge on any atom is -0.364 e. The van der Waals surface area contributed by atoms with Gasteiger partial charge >= 0.3 is 0 Å². The van der Waals surface area contributed by atoms with Crippen molar-refractivity contribution in [2.24, 2.45) is 0 Å². The van der Waals surface area contributed by atoms with Crippen LogP contribution in [0.5, 0.6) is 0 Å². The van der Waals surface area contributed by atoms with Crippen LogP contribution in [0.15, 0.2) is 24.9 Å². The van der Waals surface area contributed by atoms with Crippen LogP contribution in [-0.2, 0) is 0 Å². The van der Waals surface area contributed by atoms with E-state index in [1.165, 1.54) is 0 Å². The van der Waals surface area contributed by atoms with E-state index in [0.29, 0.717) is 5.92 Å². The van der Waals surface area contributed by atoms with Crippen molar-refractivity contribution in [1.29, 1.82) is 0 Å². The molecule has 0 spiro atoms. The number of rotatable bonds is 4. The Balaban J connectivity index is 2.78. The van der Waals surface area contributed by atoms with Crippen molar-refractivity contribution in [1.82, 2.24) is 9.97 Å². The Morgan fingerprint density at radius 2 is 2.14 bits per heavy atom. The average Bonchev–Trinajstić information content (AvgIpc) is 2.18. The molecule has 0 amide bonds. The van der Waals surface area contributed by atoms with Crippen LogP contribution in [0.4, 0.5) is 5.82 Å². The maximum Gasteiger partial charge on any atom is 0.133 e. The van der Waals surface area contributed by atoms with Gasteiger partial charge in [0.25, 0.3) is 0 Å². The lowest BCUT2D eigenvalue weighted by Crippen LogP contribution is -2.13. The Kier molecular flexibility index (Phi) is 3.63. The van der Waals surface area contributed by atoms with Crippen molar-refractivity contribution < 1.29 is 0 Å². The molecule has 1 N–H and O–H groups in total. The van der Waals surface area contributed by atoms with E-state index >= 15 is 0 Å². The van der Waals surface area contributed by atoms with Gasteiger partial charge in [-0.2, -0.15) is 0 Å². The molecule has 3 heteroatoms. The summed E-state index contributed by atoms with van der Waals surface area (Å²) in [6.45, 7) is 9.90. The monoisotopic (exact) mass is 191 g/mol. The van der Waals surface area contributed by atoms with Crippen molar-refractivity contribution in [2.75, 3.05) is 5.32 Å². The number of hydrogen-bond donors (Lipinski definition) is 1. The highest BCUT2D eigenvalue weighted by molar-refractivity contribution is 5.35. The quantitative estimate of drug-likeness (QED) is 0.743. The first-order chi connectivity index (χ1) is 6.63. The molecule has 14 heavy (non-hydrogen) atoms. The molecule has 0 aliphatic carbocycles. The van der Waals surface area contributed by atoms with Crippen molar-refractivity contribution in [2.45, 2.75) is 32.7 Å². The molecule has 1 rings (SSSR count). The fourth-order valence-corrected chi connectivity index (χ4v) is 1.02. The zero-order valence-electron chi connectivity index (χ0n) is 8.99. The zero-order chi connectivity index (χ0) is 10.6. The van der Waals surface area contributed by atoms with E-state index in [-0.39, 0.29) is 6.04 Å². The Morgan fingerprint density at radius 3 is 2.71 bits per heavy atom. The molecule has 0 saturated heterocycles. The van der Waals surface area contributed by atoms with Crippen LogP contribution in [0.1, 0.15) is 32.5 Å². The Hall–Kier alpha value is -1.38. The van der Waals surface area contributed by atoms with Crippen LogP contribution < -0.4 is 5.32 Å². The Labute approximate surface area is 85.3 Å². The van der Waals surface area contributed by atoms with E-state index < -0.39 is 0 Å². The van der Waals surface area contributed by atoms with Crippen molar-refractivity contribution >= 4 is 5.82 Å². The highest BCUT2D eigenvalue weighted by Gasteiger charge is 2.04. The second-order valence-corrected chi connectivity index (χ2v) is 3.62. The number of nitrogens with one attached hydrogen (secondary N) is 1. The summed E-state index contributed by atoms with van der Waals surface area (Å²) in [5.41, 5.74) is 0. The minimum absolute atomic E-state index is 0.227. The maximum absolute atomic E-state index is 4.39. The lowest BCUT2D eigenvalue weighted by molar-refractivity contribution is 0.772. The minimum atomic E-state index is 0.227. The first kappa shape index (κ1) is 10.7. The predicted octanol–water partition coefficient (Wildman–Crippen LogP) is 2.59. The summed E-state index contributed by atoms with van der Waals surface area (Å²) in [5.74, 6) is 2.08. The standard InChI is InChI=1S/C11H17N3/c1-5-9(4)13-10-6-7-12-11(14-10)8(2)3/h5-9H,1H2,2-4H3,(H,12,13,14). The van der Waals surface area contributed by atoms with Gasteiger partial charge in [0.1, 0.15) is 11.6 Å². The highest BCUT2D eigenvalue weighted by atomic mass is 15.0. The van der Waals surface area contributed by atoms with Crippen molar-refractivity contribution in [3.63, 3.8) is 0 Å². The van der Waals surface area contributed by atoms with Crippen LogP contribution in [0.3, 0.4) is 0 Å². The molecule has 76 valence electrons. The van der Waals surface area contributed by atoms with Gasteiger partial charge in [-0.05, 0) is 13.0 Å². The fraction of sp³-hybridized carbons (Fsp3) is 0.455. The third-order valence-electron chi connectivity index (χ3n) is 1.92. The van der Waals surface area contributed by atoms with Gasteiger partial charge in [-0.1, -0.05) is 19.9 Å². The molecule has 0 aromatic carbocycles. The van der Waals surface area contributed by atoms with Crippen molar-refractivity contribution in [3.8, 4) is 0 Å². The van der Waals surface area contributed by atoms with Gasteiger partial charge in [0.05, 0.1) is 0 Å².